The molecule has 0 aliphatic carbocycles. The van der Waals surface area contributed by atoms with Gasteiger partial charge in [-0.05, 0) is 47.5 Å². The highest BCUT2D eigenvalue weighted by atomic mass is 79.9. The predicted molar refractivity (Wildman–Crippen MR) is 108 cm³/mol. The van der Waals surface area contributed by atoms with E-state index < -0.39 is 0 Å². The van der Waals surface area contributed by atoms with Crippen molar-refractivity contribution < 1.29 is 19.0 Å². The number of halogens is 1. The van der Waals surface area contributed by atoms with Gasteiger partial charge in [-0.25, -0.2) is 0 Å². The van der Waals surface area contributed by atoms with Crippen molar-refractivity contribution in [2.45, 2.75) is 0 Å². The zero-order valence-electron chi connectivity index (χ0n) is 14.8. The van der Waals surface area contributed by atoms with E-state index in [1.54, 1.807) is 32.4 Å². The number of benzene rings is 2. The van der Waals surface area contributed by atoms with E-state index in [1.807, 2.05) is 36.4 Å². The summed E-state index contributed by atoms with van der Waals surface area (Å²) in [6.45, 7) is 0.620. The van der Waals surface area contributed by atoms with Crippen LogP contribution in [0.3, 0.4) is 0 Å². The molecule has 2 aromatic rings. The summed E-state index contributed by atoms with van der Waals surface area (Å²) in [5, 5.41) is 0.787. The summed E-state index contributed by atoms with van der Waals surface area (Å²) < 4.78 is 15.9. The zero-order chi connectivity index (χ0) is 18.8. The molecule has 0 radical (unpaired) electrons. The molecule has 0 heterocycles. The normalized spacial score (nSPS) is 11.0. The Kier molecular flexibility index (Phi) is 7.96. The van der Waals surface area contributed by atoms with E-state index >= 15 is 0 Å². The minimum atomic E-state index is -0.0978. The van der Waals surface area contributed by atoms with Gasteiger partial charge in [-0.1, -0.05) is 46.3 Å². The Morgan fingerprint density at radius 1 is 0.923 bits per heavy atom. The first-order chi connectivity index (χ1) is 12.7. The molecule has 0 N–H and O–H groups in total. The smallest absolute Gasteiger partial charge is 0.178 e. The summed E-state index contributed by atoms with van der Waals surface area (Å²) in [7, 11) is 3.16. The van der Waals surface area contributed by atoms with Gasteiger partial charge in [-0.3, -0.25) is 4.79 Å². The van der Waals surface area contributed by atoms with Crippen molar-refractivity contribution >= 4 is 33.9 Å². The summed E-state index contributed by atoms with van der Waals surface area (Å²) in [6, 6.07) is 13.1. The van der Waals surface area contributed by atoms with Crippen LogP contribution in [0.1, 0.15) is 11.1 Å². The number of alkyl halides is 1. The van der Waals surface area contributed by atoms with Crippen LogP contribution in [0.15, 0.2) is 54.6 Å². The van der Waals surface area contributed by atoms with Crippen LogP contribution >= 0.6 is 15.9 Å². The van der Waals surface area contributed by atoms with Crippen LogP contribution < -0.4 is 14.2 Å². The third-order valence-electron chi connectivity index (χ3n) is 3.51. The largest absolute Gasteiger partial charge is 0.493 e. The van der Waals surface area contributed by atoms with E-state index in [-0.39, 0.29) is 5.78 Å². The Bertz CT molecular complexity index is 779. The Morgan fingerprint density at radius 2 is 1.54 bits per heavy atom. The van der Waals surface area contributed by atoms with Gasteiger partial charge in [0.25, 0.3) is 0 Å². The summed E-state index contributed by atoms with van der Waals surface area (Å²) in [6.07, 6.45) is 6.57. The molecule has 0 aliphatic heterocycles. The predicted octanol–water partition coefficient (Wildman–Crippen LogP) is 4.77. The van der Waals surface area contributed by atoms with E-state index in [0.717, 1.165) is 22.2 Å². The lowest BCUT2D eigenvalue weighted by Crippen LogP contribution is -1.97. The maximum Gasteiger partial charge on any atom is 0.178 e. The standard InChI is InChI=1S/C21H21BrO4/c1-24-20-12-7-17(15-21(20)25-2)4-9-18(23)8-3-16-5-10-19(11-6-16)26-14-13-22/h3-12,15H,13-14H2,1-2H3. The van der Waals surface area contributed by atoms with Crippen LogP contribution in [-0.4, -0.2) is 31.9 Å². The number of hydrogen-bond acceptors (Lipinski definition) is 4. The Hall–Kier alpha value is -2.53. The molecule has 4 nitrogen and oxygen atoms in total. The fourth-order valence-electron chi connectivity index (χ4n) is 2.20. The van der Waals surface area contributed by atoms with Gasteiger partial charge in [0.15, 0.2) is 17.3 Å². The van der Waals surface area contributed by atoms with Gasteiger partial charge in [-0.2, -0.15) is 0 Å². The van der Waals surface area contributed by atoms with E-state index in [4.69, 9.17) is 14.2 Å². The van der Waals surface area contributed by atoms with Gasteiger partial charge in [-0.15, -0.1) is 0 Å². The average Bonchev–Trinajstić information content (AvgIpc) is 2.69. The fraction of sp³-hybridized carbons (Fsp3) is 0.190. The van der Waals surface area contributed by atoms with Crippen LogP contribution in [0.4, 0.5) is 0 Å². The highest BCUT2D eigenvalue weighted by Gasteiger charge is 2.02. The third-order valence-corrected chi connectivity index (χ3v) is 3.84. The van der Waals surface area contributed by atoms with Crippen LogP contribution in [0, 0.1) is 0 Å². The molecule has 0 unspecified atom stereocenters. The van der Waals surface area contributed by atoms with Crippen LogP contribution in [0.2, 0.25) is 0 Å². The lowest BCUT2D eigenvalue weighted by atomic mass is 10.1. The molecule has 0 atom stereocenters. The Labute approximate surface area is 162 Å². The molecular formula is C21H21BrO4. The third kappa shape index (κ3) is 6.08. The molecule has 5 heteroatoms. The Morgan fingerprint density at radius 3 is 2.15 bits per heavy atom. The van der Waals surface area contributed by atoms with Crippen LogP contribution in [-0.2, 0) is 4.79 Å². The maximum absolute atomic E-state index is 12.0. The van der Waals surface area contributed by atoms with Gasteiger partial charge in [0, 0.05) is 5.33 Å². The van der Waals surface area contributed by atoms with E-state index in [2.05, 4.69) is 15.9 Å². The van der Waals surface area contributed by atoms with E-state index in [9.17, 15) is 4.79 Å². The minimum Gasteiger partial charge on any atom is -0.493 e. The number of carbonyl (C=O) groups excluding carboxylic acids is 1. The average molecular weight is 417 g/mol. The van der Waals surface area contributed by atoms with E-state index in [1.165, 1.54) is 12.2 Å². The fourth-order valence-corrected chi connectivity index (χ4v) is 2.36. The summed E-state index contributed by atoms with van der Waals surface area (Å²) in [5.41, 5.74) is 1.79. The van der Waals surface area contributed by atoms with Crippen molar-refractivity contribution in [1.82, 2.24) is 0 Å². The molecule has 0 saturated heterocycles. The van der Waals surface area contributed by atoms with Gasteiger partial charge in [0.1, 0.15) is 5.75 Å². The van der Waals surface area contributed by atoms with Gasteiger partial charge in [0.05, 0.1) is 20.8 Å². The zero-order valence-corrected chi connectivity index (χ0v) is 16.4. The number of methoxy groups -OCH3 is 2. The molecule has 2 rings (SSSR count). The molecule has 0 aliphatic rings. The van der Waals surface area contributed by atoms with Crippen LogP contribution in [0.5, 0.6) is 17.2 Å². The molecule has 136 valence electrons. The first-order valence-corrected chi connectivity index (χ1v) is 9.19. The topological polar surface area (TPSA) is 44.8 Å². The second-order valence-electron chi connectivity index (χ2n) is 5.29. The molecule has 2 aromatic carbocycles. The minimum absolute atomic E-state index is 0.0978. The number of hydrogen-bond donors (Lipinski definition) is 0. The summed E-state index contributed by atoms with van der Waals surface area (Å²) >= 11 is 3.32. The quantitative estimate of drug-likeness (QED) is 0.436. The van der Waals surface area contributed by atoms with Gasteiger partial charge in [0.2, 0.25) is 0 Å². The maximum atomic E-state index is 12.0. The number of ketones is 1. The lowest BCUT2D eigenvalue weighted by Gasteiger charge is -2.07. The molecule has 0 bridgehead atoms. The highest BCUT2D eigenvalue weighted by molar-refractivity contribution is 9.09. The van der Waals surface area contributed by atoms with Crippen molar-refractivity contribution in [3.8, 4) is 17.2 Å². The first kappa shape index (κ1) is 19.8. The number of ether oxygens (including phenoxy) is 3. The Balaban J connectivity index is 1.97. The van der Waals surface area contributed by atoms with Crippen molar-refractivity contribution in [2.75, 3.05) is 26.2 Å². The highest BCUT2D eigenvalue weighted by Crippen LogP contribution is 2.27. The molecule has 0 spiro atoms. The van der Waals surface area contributed by atoms with Crippen molar-refractivity contribution in [2.24, 2.45) is 0 Å². The van der Waals surface area contributed by atoms with E-state index in [0.29, 0.717) is 18.1 Å². The molecule has 26 heavy (non-hydrogen) atoms. The van der Waals surface area contributed by atoms with Crippen LogP contribution in [0.25, 0.3) is 12.2 Å². The lowest BCUT2D eigenvalue weighted by molar-refractivity contribution is -0.110. The second kappa shape index (κ2) is 10.5. The molecule has 0 aromatic heterocycles. The monoisotopic (exact) mass is 416 g/mol. The first-order valence-electron chi connectivity index (χ1n) is 8.07. The summed E-state index contributed by atoms with van der Waals surface area (Å²) in [4.78, 5) is 12.0. The van der Waals surface area contributed by atoms with Gasteiger partial charge < -0.3 is 14.2 Å². The van der Waals surface area contributed by atoms with Crippen molar-refractivity contribution in [3.05, 3.63) is 65.7 Å². The molecule has 0 saturated carbocycles. The van der Waals surface area contributed by atoms with Crippen molar-refractivity contribution in [3.63, 3.8) is 0 Å². The molecular weight excluding hydrogens is 396 g/mol. The second-order valence-corrected chi connectivity index (χ2v) is 6.08. The SMILES string of the molecule is COc1ccc(C=CC(=O)C=Cc2ccc(OCCBr)cc2)cc1OC. The number of rotatable bonds is 9. The number of allylic oxidation sites excluding steroid dienone is 2. The molecule has 0 amide bonds. The number of carbonyl (C=O) groups is 1. The molecule has 0 fully saturated rings. The summed E-state index contributed by atoms with van der Waals surface area (Å²) in [5.74, 6) is 1.99. The van der Waals surface area contributed by atoms with Gasteiger partial charge >= 0.3 is 0 Å². The van der Waals surface area contributed by atoms with Crippen molar-refractivity contribution in [1.29, 1.82) is 0 Å².